The van der Waals surface area contributed by atoms with Gasteiger partial charge in [0, 0.05) is 18.1 Å². The lowest BCUT2D eigenvalue weighted by Gasteiger charge is -2.24. The molecule has 0 spiro atoms. The predicted octanol–water partition coefficient (Wildman–Crippen LogP) is 6.73. The Labute approximate surface area is 188 Å². The smallest absolute Gasteiger partial charge is 0.313 e. The topological polar surface area (TPSA) is 45.3 Å². The third kappa shape index (κ3) is 7.10. The molecular weight excluding hydrogens is 384 g/mol. The largest absolute Gasteiger partial charge is 0.424 e. The Morgan fingerprint density at radius 1 is 1.13 bits per heavy atom. The predicted molar refractivity (Wildman–Crippen MR) is 130 cm³/mol. The van der Waals surface area contributed by atoms with E-state index in [0.717, 1.165) is 24.4 Å². The Bertz CT molecular complexity index is 803. The fraction of sp³-hybridized carbons (Fsp3) is 0.667. The summed E-state index contributed by atoms with van der Waals surface area (Å²) in [4.78, 5) is 18.1. The third-order valence-electron chi connectivity index (χ3n) is 6.80. The van der Waals surface area contributed by atoms with Crippen LogP contribution < -0.4 is 4.74 Å². The molecule has 1 saturated carbocycles. The van der Waals surface area contributed by atoms with Crippen molar-refractivity contribution in [1.29, 1.82) is 0 Å². The molecule has 1 N–H and O–H groups in total. The van der Waals surface area contributed by atoms with Gasteiger partial charge in [0.25, 0.3) is 0 Å². The van der Waals surface area contributed by atoms with Crippen LogP contribution in [-0.2, 0) is 11.2 Å². The standard InChI is InChI=1S/C27H42N2O2/c1-4-5-17-29(18-15-22-11-8-6-7-9-12-22)19-16-23-20-28-26-24(23)13-10-14-25(26)31-27(30)21(2)3/h10,13-14,20-22,28H,4-9,11-12,15-19H2,1-3H3. The minimum atomic E-state index is -0.187. The van der Waals surface area contributed by atoms with E-state index in [0.29, 0.717) is 5.75 Å². The van der Waals surface area contributed by atoms with Crippen molar-refractivity contribution in [3.05, 3.63) is 30.0 Å². The minimum Gasteiger partial charge on any atom is -0.424 e. The van der Waals surface area contributed by atoms with E-state index in [4.69, 9.17) is 4.74 Å². The van der Waals surface area contributed by atoms with Crippen molar-refractivity contribution < 1.29 is 9.53 Å². The number of unbranched alkanes of at least 4 members (excludes halogenated alkanes) is 1. The molecule has 172 valence electrons. The Hall–Kier alpha value is -1.81. The molecule has 0 radical (unpaired) electrons. The van der Waals surface area contributed by atoms with Crippen LogP contribution in [0.2, 0.25) is 0 Å². The molecule has 0 atom stereocenters. The molecule has 1 aliphatic carbocycles. The van der Waals surface area contributed by atoms with Crippen LogP contribution in [0.25, 0.3) is 10.9 Å². The molecule has 1 fully saturated rings. The van der Waals surface area contributed by atoms with Crippen LogP contribution in [0.1, 0.15) is 84.1 Å². The van der Waals surface area contributed by atoms with E-state index in [-0.39, 0.29) is 11.9 Å². The van der Waals surface area contributed by atoms with Crippen LogP contribution in [0.4, 0.5) is 0 Å². The second-order valence-corrected chi connectivity index (χ2v) is 9.66. The van der Waals surface area contributed by atoms with E-state index in [1.54, 1.807) is 0 Å². The third-order valence-corrected chi connectivity index (χ3v) is 6.80. The van der Waals surface area contributed by atoms with E-state index in [1.165, 1.54) is 81.8 Å². The number of carbonyl (C=O) groups is 1. The van der Waals surface area contributed by atoms with Gasteiger partial charge in [0.2, 0.25) is 0 Å². The van der Waals surface area contributed by atoms with E-state index in [2.05, 4.69) is 29.1 Å². The van der Waals surface area contributed by atoms with Gasteiger partial charge >= 0.3 is 5.97 Å². The number of nitrogens with one attached hydrogen (secondary N) is 1. The van der Waals surface area contributed by atoms with E-state index < -0.39 is 0 Å². The number of benzene rings is 1. The van der Waals surface area contributed by atoms with Crippen LogP contribution in [0, 0.1) is 11.8 Å². The minimum absolute atomic E-state index is 0.134. The van der Waals surface area contributed by atoms with Crippen LogP contribution >= 0.6 is 0 Å². The highest BCUT2D eigenvalue weighted by Gasteiger charge is 2.16. The van der Waals surface area contributed by atoms with Crippen molar-refractivity contribution in [3.8, 4) is 5.75 Å². The Balaban J connectivity index is 1.61. The maximum absolute atomic E-state index is 12.1. The zero-order valence-electron chi connectivity index (χ0n) is 19.9. The summed E-state index contributed by atoms with van der Waals surface area (Å²) in [6, 6.07) is 6.00. The summed E-state index contributed by atoms with van der Waals surface area (Å²) in [7, 11) is 0. The molecular formula is C27H42N2O2. The molecule has 0 amide bonds. The highest BCUT2D eigenvalue weighted by atomic mass is 16.5. The second-order valence-electron chi connectivity index (χ2n) is 9.66. The molecule has 1 aromatic heterocycles. The first-order valence-corrected chi connectivity index (χ1v) is 12.6. The van der Waals surface area contributed by atoms with Gasteiger partial charge in [-0.2, -0.15) is 0 Å². The van der Waals surface area contributed by atoms with Gasteiger partial charge in [-0.15, -0.1) is 0 Å². The Morgan fingerprint density at radius 2 is 1.90 bits per heavy atom. The van der Waals surface area contributed by atoms with Crippen molar-refractivity contribution in [2.24, 2.45) is 11.8 Å². The fourth-order valence-electron chi connectivity index (χ4n) is 4.72. The first-order valence-electron chi connectivity index (χ1n) is 12.6. The number of aromatic amines is 1. The molecule has 3 rings (SSSR count). The number of ether oxygens (including phenoxy) is 1. The Kier molecular flexibility index (Phi) is 9.45. The molecule has 0 unspecified atom stereocenters. The van der Waals surface area contributed by atoms with Crippen LogP contribution in [0.3, 0.4) is 0 Å². The molecule has 1 aliphatic rings. The summed E-state index contributed by atoms with van der Waals surface area (Å²) in [6.45, 7) is 9.52. The van der Waals surface area contributed by atoms with E-state index >= 15 is 0 Å². The van der Waals surface area contributed by atoms with Gasteiger partial charge in [0.05, 0.1) is 11.4 Å². The van der Waals surface area contributed by atoms with Crippen LogP contribution in [0.15, 0.2) is 24.4 Å². The van der Waals surface area contributed by atoms with Gasteiger partial charge in [-0.25, -0.2) is 0 Å². The number of nitrogens with zero attached hydrogens (tertiary/aromatic N) is 1. The van der Waals surface area contributed by atoms with Crippen molar-refractivity contribution in [2.45, 2.75) is 85.0 Å². The number of fused-ring (bicyclic) bond motifs is 1. The number of carbonyl (C=O) groups excluding carboxylic acids is 1. The quantitative estimate of drug-likeness (QED) is 0.246. The number of rotatable bonds is 11. The lowest BCUT2D eigenvalue weighted by atomic mass is 9.96. The average Bonchev–Trinajstić information content (AvgIpc) is 3.00. The zero-order valence-corrected chi connectivity index (χ0v) is 19.9. The summed E-state index contributed by atoms with van der Waals surface area (Å²) in [5.41, 5.74) is 2.25. The van der Waals surface area contributed by atoms with Crippen LogP contribution in [0.5, 0.6) is 5.75 Å². The van der Waals surface area contributed by atoms with Crippen molar-refractivity contribution in [2.75, 3.05) is 19.6 Å². The Morgan fingerprint density at radius 3 is 2.61 bits per heavy atom. The summed E-state index contributed by atoms with van der Waals surface area (Å²) >= 11 is 0. The molecule has 4 nitrogen and oxygen atoms in total. The van der Waals surface area contributed by atoms with Crippen LogP contribution in [-0.4, -0.2) is 35.5 Å². The molecule has 0 aliphatic heterocycles. The lowest BCUT2D eigenvalue weighted by Crippen LogP contribution is -2.29. The molecule has 0 saturated heterocycles. The second kappa shape index (κ2) is 12.3. The highest BCUT2D eigenvalue weighted by molar-refractivity contribution is 5.90. The maximum atomic E-state index is 12.1. The zero-order chi connectivity index (χ0) is 22.1. The van der Waals surface area contributed by atoms with E-state index in [1.807, 2.05) is 26.0 Å². The number of para-hydroxylation sites is 1. The van der Waals surface area contributed by atoms with Gasteiger partial charge in [-0.1, -0.05) is 77.8 Å². The fourth-order valence-corrected chi connectivity index (χ4v) is 4.72. The average molecular weight is 427 g/mol. The lowest BCUT2D eigenvalue weighted by molar-refractivity contribution is -0.137. The van der Waals surface area contributed by atoms with Crippen molar-refractivity contribution >= 4 is 16.9 Å². The van der Waals surface area contributed by atoms with Crippen molar-refractivity contribution in [1.82, 2.24) is 9.88 Å². The summed E-state index contributed by atoms with van der Waals surface area (Å²) in [5.74, 6) is 1.25. The SMILES string of the molecule is CCCCN(CCc1c[nH]c2c(OC(=O)C(C)C)cccc12)CCC1CCCCCC1. The summed E-state index contributed by atoms with van der Waals surface area (Å²) in [6.07, 6.45) is 15.6. The van der Waals surface area contributed by atoms with Crippen molar-refractivity contribution in [3.63, 3.8) is 0 Å². The normalized spacial score (nSPS) is 15.6. The van der Waals surface area contributed by atoms with E-state index in [9.17, 15) is 4.79 Å². The molecule has 4 heteroatoms. The van der Waals surface area contributed by atoms with Gasteiger partial charge in [-0.3, -0.25) is 4.79 Å². The number of H-pyrrole nitrogens is 1. The number of hydrogen-bond acceptors (Lipinski definition) is 3. The molecule has 1 aromatic carbocycles. The molecule has 0 bridgehead atoms. The number of esters is 1. The van der Waals surface area contributed by atoms with Gasteiger partial charge in [-0.05, 0) is 49.9 Å². The monoisotopic (exact) mass is 426 g/mol. The van der Waals surface area contributed by atoms with Gasteiger partial charge < -0.3 is 14.6 Å². The number of hydrogen-bond donors (Lipinski definition) is 1. The highest BCUT2D eigenvalue weighted by Crippen LogP contribution is 2.29. The molecule has 1 heterocycles. The van der Waals surface area contributed by atoms with Gasteiger partial charge in [0.1, 0.15) is 0 Å². The first-order chi connectivity index (χ1) is 15.1. The molecule has 2 aromatic rings. The van der Waals surface area contributed by atoms with Gasteiger partial charge in [0.15, 0.2) is 5.75 Å². The maximum Gasteiger partial charge on any atom is 0.313 e. The molecule has 31 heavy (non-hydrogen) atoms. The first kappa shape index (κ1) is 23.8. The summed E-state index contributed by atoms with van der Waals surface area (Å²) in [5, 5.41) is 1.17. The summed E-state index contributed by atoms with van der Waals surface area (Å²) < 4.78 is 5.62. The number of aromatic nitrogens is 1.